The minimum Gasteiger partial charge on any atom is -0.384 e. The number of fused-ring (bicyclic) bond motifs is 2. The summed E-state index contributed by atoms with van der Waals surface area (Å²) in [4.78, 5) is 3.01. The van der Waals surface area contributed by atoms with Gasteiger partial charge in [0.15, 0.2) is 0 Å². The molecule has 2 saturated carbocycles. The molecule has 206 valence electrons. The maximum Gasteiger partial charge on any atom is 0.0986 e. The molecule has 7 rings (SSSR count). The summed E-state index contributed by atoms with van der Waals surface area (Å²) in [6, 6.07) is 6.25. The van der Waals surface area contributed by atoms with E-state index in [9.17, 15) is 5.11 Å². The maximum absolute atomic E-state index is 11.0. The highest BCUT2D eigenvalue weighted by molar-refractivity contribution is 5.74. The first-order valence-electron chi connectivity index (χ1n) is 16.2. The van der Waals surface area contributed by atoms with Crippen molar-refractivity contribution in [3.63, 3.8) is 0 Å². The second-order valence-electron chi connectivity index (χ2n) is 14.8. The molecule has 1 spiro atoms. The van der Waals surface area contributed by atoms with E-state index in [1.807, 2.05) is 11.1 Å². The summed E-state index contributed by atoms with van der Waals surface area (Å²) in [5.41, 5.74) is 11.9. The minimum atomic E-state index is -0.427. The van der Waals surface area contributed by atoms with Crippen LogP contribution in [0.2, 0.25) is 0 Å². The summed E-state index contributed by atoms with van der Waals surface area (Å²) in [6.45, 7) is 18.5. The molecule has 1 aromatic rings. The molecule has 1 aromatic carbocycles. The molecule has 0 amide bonds. The molecule has 2 nitrogen and oxygen atoms in total. The summed E-state index contributed by atoms with van der Waals surface area (Å²) < 4.78 is 0. The van der Waals surface area contributed by atoms with Crippen molar-refractivity contribution in [3.8, 4) is 0 Å². The lowest BCUT2D eigenvalue weighted by atomic mass is 9.21. The topological polar surface area (TPSA) is 23.5 Å². The standard InChI is InChI=1S/C36H51NO/c1-8-12-23(9-2)37-18-17-36-29(20-22-15-16-25-21(4)19-28(38)30(25)24(22)10-3)35(7)33(36)32(34(35,5)6)26-13-11-14-27(37)31(26)36/h15-16,19,23,27-29,32-33,38H,8-14,17-18,20H2,1-7H3. The van der Waals surface area contributed by atoms with E-state index in [0.29, 0.717) is 22.3 Å². The van der Waals surface area contributed by atoms with E-state index in [0.717, 1.165) is 30.2 Å². The molecule has 0 aromatic heterocycles. The van der Waals surface area contributed by atoms with Crippen LogP contribution in [0.15, 0.2) is 29.4 Å². The predicted molar refractivity (Wildman–Crippen MR) is 158 cm³/mol. The van der Waals surface area contributed by atoms with Gasteiger partial charge in [0.1, 0.15) is 0 Å². The summed E-state index contributed by atoms with van der Waals surface area (Å²) in [7, 11) is 0. The van der Waals surface area contributed by atoms with Gasteiger partial charge in [-0.1, -0.05) is 65.7 Å². The summed E-state index contributed by atoms with van der Waals surface area (Å²) in [5.74, 6) is 2.43. The fourth-order valence-corrected chi connectivity index (χ4v) is 12.1. The number of nitrogens with zero attached hydrogens (tertiary/aromatic N) is 1. The molecule has 3 fully saturated rings. The highest BCUT2D eigenvalue weighted by atomic mass is 16.3. The Morgan fingerprint density at radius 2 is 1.92 bits per heavy atom. The van der Waals surface area contributed by atoms with Gasteiger partial charge in [0.05, 0.1) is 6.10 Å². The van der Waals surface area contributed by atoms with Crippen molar-refractivity contribution in [3.05, 3.63) is 51.6 Å². The molecule has 8 atom stereocenters. The first kappa shape index (κ1) is 25.6. The van der Waals surface area contributed by atoms with Gasteiger partial charge in [0, 0.05) is 17.5 Å². The van der Waals surface area contributed by atoms with Crippen molar-refractivity contribution >= 4 is 5.57 Å². The fourth-order valence-electron chi connectivity index (χ4n) is 12.1. The van der Waals surface area contributed by atoms with E-state index in [1.165, 1.54) is 85.7 Å². The van der Waals surface area contributed by atoms with Crippen molar-refractivity contribution in [2.75, 3.05) is 6.54 Å². The molecule has 2 heteroatoms. The quantitative estimate of drug-likeness (QED) is 0.371. The van der Waals surface area contributed by atoms with Gasteiger partial charge in [0.2, 0.25) is 0 Å². The van der Waals surface area contributed by atoms with Crippen LogP contribution in [0.1, 0.15) is 122 Å². The third-order valence-corrected chi connectivity index (χ3v) is 13.6. The number of allylic oxidation sites excluding steroid dienone is 2. The van der Waals surface area contributed by atoms with E-state index in [-0.39, 0.29) is 0 Å². The molecular formula is C36H51NO. The Balaban J connectivity index is 1.32. The van der Waals surface area contributed by atoms with Crippen LogP contribution in [-0.2, 0) is 12.8 Å². The number of aliphatic hydroxyl groups is 1. The van der Waals surface area contributed by atoms with Crippen LogP contribution >= 0.6 is 0 Å². The van der Waals surface area contributed by atoms with Gasteiger partial charge in [-0.3, -0.25) is 4.90 Å². The van der Waals surface area contributed by atoms with Crippen LogP contribution in [0, 0.1) is 34.0 Å². The summed E-state index contributed by atoms with van der Waals surface area (Å²) in [6.07, 6.45) is 13.3. The third-order valence-electron chi connectivity index (χ3n) is 13.6. The van der Waals surface area contributed by atoms with E-state index in [4.69, 9.17) is 0 Å². The maximum atomic E-state index is 11.0. The lowest BCUT2D eigenvalue weighted by molar-refractivity contribution is -0.342. The Bertz CT molecular complexity index is 1240. The Morgan fingerprint density at radius 1 is 1.13 bits per heavy atom. The van der Waals surface area contributed by atoms with E-state index >= 15 is 0 Å². The molecule has 38 heavy (non-hydrogen) atoms. The smallest absolute Gasteiger partial charge is 0.0986 e. The zero-order valence-corrected chi connectivity index (χ0v) is 25.2. The molecule has 6 aliphatic rings. The van der Waals surface area contributed by atoms with E-state index < -0.39 is 6.10 Å². The van der Waals surface area contributed by atoms with Gasteiger partial charge in [-0.05, 0) is 133 Å². The highest BCUT2D eigenvalue weighted by Crippen LogP contribution is 2.91. The molecule has 5 aliphatic carbocycles. The number of rotatable bonds is 7. The lowest BCUT2D eigenvalue weighted by Crippen LogP contribution is -2.80. The predicted octanol–water partition coefficient (Wildman–Crippen LogP) is 8.28. The fraction of sp³-hybridized carbons (Fsp3) is 0.722. The number of hydrogen-bond acceptors (Lipinski definition) is 2. The first-order valence-corrected chi connectivity index (χ1v) is 16.2. The molecule has 1 heterocycles. The van der Waals surface area contributed by atoms with Crippen LogP contribution in [-0.4, -0.2) is 28.6 Å². The summed E-state index contributed by atoms with van der Waals surface area (Å²) >= 11 is 0. The van der Waals surface area contributed by atoms with Crippen LogP contribution in [0.4, 0.5) is 0 Å². The SMILES string of the molecule is CCCC(CC)N1CCC23C4=C(CCCC41)C1C2C(C)(C3Cc2ccc3c(c2CC)C(O)C=C3C)C1(C)C. The van der Waals surface area contributed by atoms with Crippen molar-refractivity contribution in [1.82, 2.24) is 4.90 Å². The molecule has 1 saturated heterocycles. The largest absolute Gasteiger partial charge is 0.384 e. The monoisotopic (exact) mass is 513 g/mol. The molecule has 0 radical (unpaired) electrons. The van der Waals surface area contributed by atoms with E-state index in [1.54, 1.807) is 0 Å². The molecule has 1 N–H and O–H groups in total. The van der Waals surface area contributed by atoms with Gasteiger partial charge in [-0.25, -0.2) is 0 Å². The number of aliphatic hydroxyl groups excluding tert-OH is 1. The third kappa shape index (κ3) is 2.73. The van der Waals surface area contributed by atoms with Crippen LogP contribution in [0.25, 0.3) is 5.57 Å². The van der Waals surface area contributed by atoms with E-state index in [2.05, 4.69) is 71.6 Å². The van der Waals surface area contributed by atoms with Gasteiger partial charge >= 0.3 is 0 Å². The van der Waals surface area contributed by atoms with Crippen molar-refractivity contribution in [2.45, 2.75) is 124 Å². The Morgan fingerprint density at radius 3 is 2.63 bits per heavy atom. The first-order chi connectivity index (χ1) is 18.2. The normalized spacial score (nSPS) is 40.6. The average Bonchev–Trinajstić information content (AvgIpc) is 3.34. The van der Waals surface area contributed by atoms with Crippen molar-refractivity contribution in [1.29, 1.82) is 0 Å². The Hall–Kier alpha value is -1.38. The molecule has 1 aliphatic heterocycles. The highest BCUT2D eigenvalue weighted by Gasteiger charge is 2.87. The zero-order chi connectivity index (χ0) is 26.8. The number of piperidine rings is 1. The van der Waals surface area contributed by atoms with Gasteiger partial charge in [0.25, 0.3) is 0 Å². The van der Waals surface area contributed by atoms with Crippen LogP contribution in [0.3, 0.4) is 0 Å². The lowest BCUT2D eigenvalue weighted by Gasteiger charge is -2.83. The zero-order valence-electron chi connectivity index (χ0n) is 25.2. The van der Waals surface area contributed by atoms with Gasteiger partial charge in [-0.2, -0.15) is 0 Å². The summed E-state index contributed by atoms with van der Waals surface area (Å²) in [5, 5.41) is 11.0. The second kappa shape index (κ2) is 8.32. The van der Waals surface area contributed by atoms with Gasteiger partial charge < -0.3 is 5.11 Å². The van der Waals surface area contributed by atoms with Gasteiger partial charge in [-0.15, -0.1) is 0 Å². The molecular weight excluding hydrogens is 462 g/mol. The van der Waals surface area contributed by atoms with Crippen molar-refractivity contribution < 1.29 is 5.11 Å². The second-order valence-corrected chi connectivity index (χ2v) is 14.8. The number of benzene rings is 1. The Kier molecular flexibility index (Phi) is 5.60. The van der Waals surface area contributed by atoms with Crippen molar-refractivity contribution in [2.24, 2.45) is 34.0 Å². The molecule has 0 bridgehead atoms. The van der Waals surface area contributed by atoms with Crippen LogP contribution in [0.5, 0.6) is 0 Å². The number of likely N-dealkylation sites (tertiary alicyclic amines) is 1. The molecule has 8 unspecified atom stereocenters. The van der Waals surface area contributed by atoms with Crippen LogP contribution < -0.4 is 0 Å². The average molecular weight is 514 g/mol. The number of hydrogen-bond donors (Lipinski definition) is 1. The minimum absolute atomic E-state index is 0.383. The Labute approximate surface area is 232 Å².